The van der Waals surface area contributed by atoms with Gasteiger partial charge in [-0.05, 0) is 36.8 Å². The lowest BCUT2D eigenvalue weighted by molar-refractivity contribution is 0.482. The van der Waals surface area contributed by atoms with Crippen molar-refractivity contribution in [1.82, 2.24) is 0 Å². The minimum atomic E-state index is 0.00940. The average molecular weight is 292 g/mol. The summed E-state index contributed by atoms with van der Waals surface area (Å²) in [7, 11) is 0. The molecule has 0 aliphatic heterocycles. The number of nitrogens with two attached hydrogens (primary N) is 1. The molecule has 3 heteroatoms. The van der Waals surface area contributed by atoms with Crippen LogP contribution < -0.4 is 10.5 Å². The van der Waals surface area contributed by atoms with Gasteiger partial charge in [0.1, 0.15) is 11.5 Å². The zero-order valence-corrected chi connectivity index (χ0v) is 11.1. The van der Waals surface area contributed by atoms with Crippen molar-refractivity contribution in [3.8, 4) is 11.5 Å². The standard InChI is InChI=1S/C14H14BrNO/c1-10(16)13-8-7-12(9-14(13)15)17-11-5-3-2-4-6-11/h2-10H,16H2,1H3. The molecule has 2 N–H and O–H groups in total. The molecular formula is C14H14BrNO. The van der Waals surface area contributed by atoms with Crippen molar-refractivity contribution < 1.29 is 4.74 Å². The van der Waals surface area contributed by atoms with E-state index in [0.717, 1.165) is 21.5 Å². The van der Waals surface area contributed by atoms with Crippen LogP contribution in [-0.2, 0) is 0 Å². The average Bonchev–Trinajstić information content (AvgIpc) is 2.30. The van der Waals surface area contributed by atoms with Crippen molar-refractivity contribution in [3.63, 3.8) is 0 Å². The van der Waals surface area contributed by atoms with Gasteiger partial charge in [-0.2, -0.15) is 0 Å². The number of halogens is 1. The third-order valence-corrected chi connectivity index (χ3v) is 3.13. The highest BCUT2D eigenvalue weighted by molar-refractivity contribution is 9.10. The molecule has 2 aromatic rings. The predicted molar refractivity (Wildman–Crippen MR) is 73.3 cm³/mol. The molecule has 2 aromatic carbocycles. The van der Waals surface area contributed by atoms with Crippen molar-refractivity contribution >= 4 is 15.9 Å². The molecule has 17 heavy (non-hydrogen) atoms. The highest BCUT2D eigenvalue weighted by atomic mass is 79.9. The summed E-state index contributed by atoms with van der Waals surface area (Å²) >= 11 is 3.50. The van der Waals surface area contributed by atoms with Gasteiger partial charge in [-0.25, -0.2) is 0 Å². The molecule has 0 saturated carbocycles. The summed E-state index contributed by atoms with van der Waals surface area (Å²) in [5.74, 6) is 1.63. The Morgan fingerprint density at radius 1 is 1.06 bits per heavy atom. The van der Waals surface area contributed by atoms with E-state index in [1.165, 1.54) is 0 Å². The topological polar surface area (TPSA) is 35.2 Å². The van der Waals surface area contributed by atoms with Gasteiger partial charge < -0.3 is 10.5 Å². The van der Waals surface area contributed by atoms with E-state index < -0.39 is 0 Å². The Bertz CT molecular complexity index is 497. The fourth-order valence-electron chi connectivity index (χ4n) is 1.57. The van der Waals surface area contributed by atoms with Gasteiger partial charge in [-0.3, -0.25) is 0 Å². The smallest absolute Gasteiger partial charge is 0.128 e. The Labute approximate surface area is 110 Å². The van der Waals surface area contributed by atoms with Gasteiger partial charge in [-0.15, -0.1) is 0 Å². The first kappa shape index (κ1) is 12.1. The lowest BCUT2D eigenvalue weighted by Gasteiger charge is -2.11. The van der Waals surface area contributed by atoms with E-state index in [1.54, 1.807) is 0 Å². The lowest BCUT2D eigenvalue weighted by atomic mass is 10.1. The molecule has 0 aromatic heterocycles. The third-order valence-electron chi connectivity index (χ3n) is 2.44. The molecule has 1 unspecified atom stereocenters. The molecule has 0 heterocycles. The second-order valence-corrected chi connectivity index (χ2v) is 4.74. The summed E-state index contributed by atoms with van der Waals surface area (Å²) in [6, 6.07) is 15.6. The number of ether oxygens (including phenoxy) is 1. The van der Waals surface area contributed by atoms with Gasteiger partial charge in [0.05, 0.1) is 0 Å². The van der Waals surface area contributed by atoms with E-state index >= 15 is 0 Å². The van der Waals surface area contributed by atoms with E-state index in [4.69, 9.17) is 10.5 Å². The zero-order chi connectivity index (χ0) is 12.3. The van der Waals surface area contributed by atoms with Gasteiger partial charge in [0.2, 0.25) is 0 Å². The minimum absolute atomic E-state index is 0.00940. The van der Waals surface area contributed by atoms with E-state index in [9.17, 15) is 0 Å². The largest absolute Gasteiger partial charge is 0.457 e. The zero-order valence-electron chi connectivity index (χ0n) is 9.56. The molecule has 0 aliphatic carbocycles. The Morgan fingerprint density at radius 2 is 1.76 bits per heavy atom. The van der Waals surface area contributed by atoms with Crippen molar-refractivity contribution in [2.45, 2.75) is 13.0 Å². The second-order valence-electron chi connectivity index (χ2n) is 3.89. The normalized spacial score (nSPS) is 12.2. The molecule has 0 saturated heterocycles. The molecule has 1 atom stereocenters. The van der Waals surface area contributed by atoms with E-state index in [1.807, 2.05) is 55.5 Å². The quantitative estimate of drug-likeness (QED) is 0.917. The molecule has 0 amide bonds. The lowest BCUT2D eigenvalue weighted by Crippen LogP contribution is -2.05. The van der Waals surface area contributed by atoms with Crippen molar-refractivity contribution in [2.24, 2.45) is 5.73 Å². The number of hydrogen-bond donors (Lipinski definition) is 1. The molecular weight excluding hydrogens is 278 g/mol. The van der Waals surface area contributed by atoms with Crippen LogP contribution in [0.2, 0.25) is 0 Å². The Balaban J connectivity index is 2.21. The molecule has 0 spiro atoms. The van der Waals surface area contributed by atoms with Crippen molar-refractivity contribution in [1.29, 1.82) is 0 Å². The molecule has 2 rings (SSSR count). The summed E-state index contributed by atoms with van der Waals surface area (Å²) in [5.41, 5.74) is 6.92. The first-order chi connectivity index (χ1) is 8.16. The Hall–Kier alpha value is -1.32. The number of hydrogen-bond acceptors (Lipinski definition) is 2. The SMILES string of the molecule is CC(N)c1ccc(Oc2ccccc2)cc1Br. The van der Waals surface area contributed by atoms with E-state index in [0.29, 0.717) is 0 Å². The Kier molecular flexibility index (Phi) is 3.82. The van der Waals surface area contributed by atoms with Crippen LogP contribution in [0.5, 0.6) is 11.5 Å². The van der Waals surface area contributed by atoms with Crippen LogP contribution in [0.3, 0.4) is 0 Å². The summed E-state index contributed by atoms with van der Waals surface area (Å²) < 4.78 is 6.70. The first-order valence-electron chi connectivity index (χ1n) is 5.45. The molecule has 0 bridgehead atoms. The second kappa shape index (κ2) is 5.34. The van der Waals surface area contributed by atoms with Crippen LogP contribution in [0.25, 0.3) is 0 Å². The first-order valence-corrected chi connectivity index (χ1v) is 6.24. The van der Waals surface area contributed by atoms with Crippen LogP contribution in [0.15, 0.2) is 53.0 Å². The number of benzene rings is 2. The van der Waals surface area contributed by atoms with Crippen molar-refractivity contribution in [2.75, 3.05) is 0 Å². The monoisotopic (exact) mass is 291 g/mol. The van der Waals surface area contributed by atoms with Gasteiger partial charge in [0.25, 0.3) is 0 Å². The summed E-state index contributed by atoms with van der Waals surface area (Å²) in [6.07, 6.45) is 0. The van der Waals surface area contributed by atoms with Crippen LogP contribution in [-0.4, -0.2) is 0 Å². The number of rotatable bonds is 3. The van der Waals surface area contributed by atoms with Crippen LogP contribution in [0, 0.1) is 0 Å². The fraction of sp³-hybridized carbons (Fsp3) is 0.143. The van der Waals surface area contributed by atoms with E-state index in [-0.39, 0.29) is 6.04 Å². The molecule has 0 radical (unpaired) electrons. The predicted octanol–water partition coefficient (Wildman–Crippen LogP) is 4.26. The summed E-state index contributed by atoms with van der Waals surface area (Å²) in [6.45, 7) is 1.96. The third kappa shape index (κ3) is 3.08. The maximum Gasteiger partial charge on any atom is 0.128 e. The highest BCUT2D eigenvalue weighted by Crippen LogP contribution is 2.29. The van der Waals surface area contributed by atoms with Gasteiger partial charge in [0.15, 0.2) is 0 Å². The maximum atomic E-state index is 5.85. The Morgan fingerprint density at radius 3 is 2.35 bits per heavy atom. The van der Waals surface area contributed by atoms with Gasteiger partial charge in [0, 0.05) is 10.5 Å². The molecule has 88 valence electrons. The minimum Gasteiger partial charge on any atom is -0.457 e. The fourth-order valence-corrected chi connectivity index (χ4v) is 2.28. The maximum absolute atomic E-state index is 5.85. The highest BCUT2D eigenvalue weighted by Gasteiger charge is 2.06. The van der Waals surface area contributed by atoms with Crippen LogP contribution in [0.1, 0.15) is 18.5 Å². The van der Waals surface area contributed by atoms with Gasteiger partial charge in [-0.1, -0.05) is 40.2 Å². The number of para-hydroxylation sites is 1. The molecule has 0 fully saturated rings. The summed E-state index contributed by atoms with van der Waals surface area (Å²) in [4.78, 5) is 0. The van der Waals surface area contributed by atoms with E-state index in [2.05, 4.69) is 15.9 Å². The van der Waals surface area contributed by atoms with Gasteiger partial charge >= 0.3 is 0 Å². The summed E-state index contributed by atoms with van der Waals surface area (Å²) in [5, 5.41) is 0. The van der Waals surface area contributed by atoms with Crippen LogP contribution in [0.4, 0.5) is 0 Å². The van der Waals surface area contributed by atoms with Crippen molar-refractivity contribution in [3.05, 3.63) is 58.6 Å². The van der Waals surface area contributed by atoms with Crippen LogP contribution >= 0.6 is 15.9 Å². The molecule has 2 nitrogen and oxygen atoms in total. The molecule has 0 aliphatic rings.